The molecule has 0 saturated heterocycles. The Morgan fingerprint density at radius 3 is 2.13 bits per heavy atom. The van der Waals surface area contributed by atoms with E-state index in [0.29, 0.717) is 0 Å². The summed E-state index contributed by atoms with van der Waals surface area (Å²) in [5, 5.41) is 13.9. The molecule has 3 rings (SSSR count). The third-order valence-electron chi connectivity index (χ3n) is 5.22. The van der Waals surface area contributed by atoms with Crippen LogP contribution in [0, 0.1) is 5.92 Å². The topological polar surface area (TPSA) is 105 Å². The molecule has 7 nitrogen and oxygen atoms in total. The lowest BCUT2D eigenvalue weighted by molar-refractivity contribution is -0.138. The molecule has 0 saturated carbocycles. The van der Waals surface area contributed by atoms with E-state index in [1.165, 1.54) is 0 Å². The molecule has 0 heterocycles. The van der Waals surface area contributed by atoms with E-state index in [4.69, 9.17) is 9.84 Å². The van der Waals surface area contributed by atoms with Crippen molar-refractivity contribution in [1.29, 1.82) is 0 Å². The zero-order chi connectivity index (χ0) is 21.7. The Balaban J connectivity index is 1.52. The highest BCUT2D eigenvalue weighted by Gasteiger charge is 2.29. The van der Waals surface area contributed by atoms with E-state index >= 15 is 0 Å². The number of hydrogen-bond acceptors (Lipinski definition) is 4. The predicted molar refractivity (Wildman–Crippen MR) is 112 cm³/mol. The summed E-state index contributed by atoms with van der Waals surface area (Å²) in [6.45, 7) is 3.68. The van der Waals surface area contributed by atoms with Crippen LogP contribution >= 0.6 is 0 Å². The zero-order valence-corrected chi connectivity index (χ0v) is 17.1. The first-order valence-corrected chi connectivity index (χ1v) is 9.97. The number of carbonyl (C=O) groups is 3. The number of carboxylic acids is 1. The normalized spacial score (nSPS) is 14.2. The molecule has 7 heteroatoms. The van der Waals surface area contributed by atoms with E-state index in [2.05, 4.69) is 22.8 Å². The van der Waals surface area contributed by atoms with Gasteiger partial charge in [-0.15, -0.1) is 0 Å². The van der Waals surface area contributed by atoms with Crippen LogP contribution in [-0.2, 0) is 14.3 Å². The molecule has 1 aliphatic carbocycles. The van der Waals surface area contributed by atoms with Crippen LogP contribution in [0.3, 0.4) is 0 Å². The van der Waals surface area contributed by atoms with Gasteiger partial charge in [0.25, 0.3) is 0 Å². The van der Waals surface area contributed by atoms with E-state index in [9.17, 15) is 14.4 Å². The highest BCUT2D eigenvalue weighted by Crippen LogP contribution is 2.44. The molecule has 2 aromatic rings. The number of rotatable bonds is 8. The average molecular weight is 410 g/mol. The Morgan fingerprint density at radius 2 is 1.57 bits per heavy atom. The first-order chi connectivity index (χ1) is 14.4. The lowest BCUT2D eigenvalue weighted by Gasteiger charge is -2.18. The molecule has 0 radical (unpaired) electrons. The van der Waals surface area contributed by atoms with Crippen LogP contribution < -0.4 is 10.6 Å². The molecular weight excluding hydrogens is 384 g/mol. The minimum absolute atomic E-state index is 0.0333. The summed E-state index contributed by atoms with van der Waals surface area (Å²) < 4.78 is 5.43. The Kier molecular flexibility index (Phi) is 6.72. The molecule has 0 bridgehead atoms. The monoisotopic (exact) mass is 410 g/mol. The van der Waals surface area contributed by atoms with Gasteiger partial charge in [0.15, 0.2) is 0 Å². The van der Waals surface area contributed by atoms with Crippen molar-refractivity contribution in [3.8, 4) is 11.1 Å². The quantitative estimate of drug-likeness (QED) is 0.620. The second kappa shape index (κ2) is 9.43. The number of hydrogen-bond donors (Lipinski definition) is 3. The number of benzene rings is 2. The highest BCUT2D eigenvalue weighted by molar-refractivity contribution is 5.85. The van der Waals surface area contributed by atoms with Crippen LogP contribution in [0.2, 0.25) is 0 Å². The molecule has 1 unspecified atom stereocenters. The number of fused-ring (bicyclic) bond motifs is 3. The molecule has 0 aliphatic heterocycles. The Hall–Kier alpha value is -3.35. The van der Waals surface area contributed by atoms with Crippen molar-refractivity contribution in [3.05, 3.63) is 59.7 Å². The molecule has 158 valence electrons. The lowest BCUT2D eigenvalue weighted by atomic mass is 9.98. The van der Waals surface area contributed by atoms with Gasteiger partial charge in [-0.05, 0) is 35.1 Å². The van der Waals surface area contributed by atoms with Crippen LogP contribution in [0.25, 0.3) is 11.1 Å². The third-order valence-corrected chi connectivity index (χ3v) is 5.22. The van der Waals surface area contributed by atoms with Gasteiger partial charge in [0.05, 0.1) is 0 Å². The van der Waals surface area contributed by atoms with E-state index in [0.717, 1.165) is 22.3 Å². The summed E-state index contributed by atoms with van der Waals surface area (Å²) in [4.78, 5) is 35.0. The van der Waals surface area contributed by atoms with Crippen molar-refractivity contribution in [2.45, 2.75) is 32.2 Å². The number of alkyl carbamates (subject to hydrolysis) is 1. The van der Waals surface area contributed by atoms with Crippen LogP contribution in [0.4, 0.5) is 4.79 Å². The van der Waals surface area contributed by atoms with E-state index in [1.54, 1.807) is 13.8 Å². The largest absolute Gasteiger partial charge is 0.481 e. The van der Waals surface area contributed by atoms with Gasteiger partial charge in [0.1, 0.15) is 12.6 Å². The van der Waals surface area contributed by atoms with Gasteiger partial charge in [-0.25, -0.2) is 4.79 Å². The summed E-state index contributed by atoms with van der Waals surface area (Å²) in [6, 6.07) is 15.3. The molecule has 2 atom stereocenters. The number of carbonyl (C=O) groups excluding carboxylic acids is 2. The van der Waals surface area contributed by atoms with E-state index in [-0.39, 0.29) is 37.3 Å². The molecule has 0 aromatic heterocycles. The number of ether oxygens (including phenoxy) is 1. The SMILES string of the molecule is CC(CNC(=O)[C@H](C)NC(=O)OCC1c2ccccc2-c2ccccc21)CC(=O)O. The van der Waals surface area contributed by atoms with Gasteiger partial charge in [-0.2, -0.15) is 0 Å². The Morgan fingerprint density at radius 1 is 1.00 bits per heavy atom. The minimum atomic E-state index is -0.915. The standard InChI is InChI=1S/C23H26N2O5/c1-14(11-21(26)27)12-24-22(28)15(2)25-23(29)30-13-20-18-9-5-3-7-16(18)17-8-4-6-10-19(17)20/h3-10,14-15,20H,11-13H2,1-2H3,(H,24,28)(H,25,29)(H,26,27)/t14?,15-/m0/s1. The van der Waals surface area contributed by atoms with Crippen molar-refractivity contribution in [1.82, 2.24) is 10.6 Å². The molecular formula is C23H26N2O5. The molecule has 1 aliphatic rings. The summed E-state index contributed by atoms with van der Waals surface area (Å²) in [5.41, 5.74) is 4.52. The maximum absolute atomic E-state index is 12.2. The van der Waals surface area contributed by atoms with Gasteiger partial charge < -0.3 is 20.5 Å². The minimum Gasteiger partial charge on any atom is -0.481 e. The fraction of sp³-hybridized carbons (Fsp3) is 0.348. The fourth-order valence-corrected chi connectivity index (χ4v) is 3.68. The molecule has 2 aromatic carbocycles. The highest BCUT2D eigenvalue weighted by atomic mass is 16.5. The second-order valence-corrected chi connectivity index (χ2v) is 7.64. The van der Waals surface area contributed by atoms with Crippen molar-refractivity contribution in [3.63, 3.8) is 0 Å². The van der Waals surface area contributed by atoms with Gasteiger partial charge >= 0.3 is 12.1 Å². The van der Waals surface area contributed by atoms with Gasteiger partial charge in [-0.1, -0.05) is 55.5 Å². The van der Waals surface area contributed by atoms with Crippen molar-refractivity contribution in [2.24, 2.45) is 5.92 Å². The molecule has 0 fully saturated rings. The first kappa shape index (κ1) is 21.4. The van der Waals surface area contributed by atoms with Crippen molar-refractivity contribution in [2.75, 3.05) is 13.2 Å². The zero-order valence-electron chi connectivity index (χ0n) is 17.1. The smallest absolute Gasteiger partial charge is 0.407 e. The van der Waals surface area contributed by atoms with Crippen LogP contribution in [0.1, 0.15) is 37.3 Å². The van der Waals surface area contributed by atoms with Crippen molar-refractivity contribution < 1.29 is 24.2 Å². The molecule has 0 spiro atoms. The van der Waals surface area contributed by atoms with E-state index in [1.807, 2.05) is 36.4 Å². The number of aliphatic carboxylic acids is 1. The summed E-state index contributed by atoms with van der Waals surface area (Å²) in [6.07, 6.45) is -0.702. The molecule has 3 N–H and O–H groups in total. The van der Waals surface area contributed by atoms with Crippen LogP contribution in [-0.4, -0.2) is 42.3 Å². The maximum Gasteiger partial charge on any atom is 0.407 e. The van der Waals surface area contributed by atoms with Gasteiger partial charge in [0.2, 0.25) is 5.91 Å². The maximum atomic E-state index is 12.2. The van der Waals surface area contributed by atoms with E-state index < -0.39 is 18.1 Å². The average Bonchev–Trinajstić information content (AvgIpc) is 3.04. The lowest BCUT2D eigenvalue weighted by Crippen LogP contribution is -2.46. The number of amides is 2. The number of nitrogens with one attached hydrogen (secondary N) is 2. The summed E-state index contributed by atoms with van der Waals surface area (Å²) >= 11 is 0. The number of carboxylic acid groups (broad SMARTS) is 1. The molecule has 2 amide bonds. The predicted octanol–water partition coefficient (Wildman–Crippen LogP) is 3.14. The van der Waals surface area contributed by atoms with Gasteiger partial charge in [0, 0.05) is 18.9 Å². The van der Waals surface area contributed by atoms with Crippen LogP contribution in [0.5, 0.6) is 0 Å². The summed E-state index contributed by atoms with van der Waals surface area (Å²) in [7, 11) is 0. The Bertz CT molecular complexity index is 897. The Labute approximate surface area is 175 Å². The van der Waals surface area contributed by atoms with Crippen molar-refractivity contribution >= 4 is 18.0 Å². The molecule has 30 heavy (non-hydrogen) atoms. The summed E-state index contributed by atoms with van der Waals surface area (Å²) in [5.74, 6) is -1.56. The fourth-order valence-electron chi connectivity index (χ4n) is 3.68. The first-order valence-electron chi connectivity index (χ1n) is 9.97. The van der Waals surface area contributed by atoms with Gasteiger partial charge in [-0.3, -0.25) is 9.59 Å². The third kappa shape index (κ3) is 4.97. The second-order valence-electron chi connectivity index (χ2n) is 7.64. The van der Waals surface area contributed by atoms with Crippen LogP contribution in [0.15, 0.2) is 48.5 Å².